The van der Waals surface area contributed by atoms with Gasteiger partial charge in [0.05, 0.1) is 12.0 Å². The highest BCUT2D eigenvalue weighted by Gasteiger charge is 2.34. The van der Waals surface area contributed by atoms with Crippen LogP contribution in [0.1, 0.15) is 47.1 Å². The van der Waals surface area contributed by atoms with Gasteiger partial charge in [0.15, 0.2) is 0 Å². The van der Waals surface area contributed by atoms with Crippen LogP contribution in [0.5, 0.6) is 0 Å². The maximum Gasteiger partial charge on any atom is 0.416 e. The van der Waals surface area contributed by atoms with Gasteiger partial charge in [-0.2, -0.15) is 18.3 Å². The molecule has 0 atom stereocenters. The SMILES string of the molecule is CC(C)n1nc(-c2ccc(CC(=O)Nc3ccc(CN4CCN(C)CC4)c(C(F)(F)F)c3)nc2)c(C(N)=O)c1N. The number of carbonyl (C=O) groups excluding carboxylic acids is 2. The van der Waals surface area contributed by atoms with E-state index in [1.807, 2.05) is 25.8 Å². The third-order valence-corrected chi connectivity index (χ3v) is 6.81. The van der Waals surface area contributed by atoms with Crippen molar-refractivity contribution in [3.63, 3.8) is 0 Å². The van der Waals surface area contributed by atoms with Gasteiger partial charge in [0.2, 0.25) is 5.91 Å². The quantitative estimate of drug-likeness (QED) is 0.387. The molecule has 0 spiro atoms. The van der Waals surface area contributed by atoms with E-state index in [9.17, 15) is 22.8 Å². The summed E-state index contributed by atoms with van der Waals surface area (Å²) in [6.45, 7) is 6.88. The molecule has 1 saturated heterocycles. The predicted molar refractivity (Wildman–Crippen MR) is 145 cm³/mol. The van der Waals surface area contributed by atoms with Gasteiger partial charge in [-0.1, -0.05) is 6.07 Å². The van der Waals surface area contributed by atoms with Gasteiger partial charge in [0, 0.05) is 61.9 Å². The van der Waals surface area contributed by atoms with Gasteiger partial charge in [0.1, 0.15) is 17.1 Å². The molecule has 4 rings (SSSR count). The normalized spacial score (nSPS) is 15.0. The zero-order valence-electron chi connectivity index (χ0n) is 22.6. The molecule has 0 saturated carbocycles. The number of carbonyl (C=O) groups is 2. The Morgan fingerprint density at radius 3 is 2.38 bits per heavy atom. The fourth-order valence-corrected chi connectivity index (χ4v) is 4.63. The van der Waals surface area contributed by atoms with Crippen molar-refractivity contribution in [1.82, 2.24) is 24.6 Å². The number of nitrogens with two attached hydrogens (primary N) is 2. The molecule has 1 aliphatic heterocycles. The summed E-state index contributed by atoms with van der Waals surface area (Å²) in [5.41, 5.74) is 12.2. The van der Waals surface area contributed by atoms with Crippen LogP contribution in [0.4, 0.5) is 24.7 Å². The highest BCUT2D eigenvalue weighted by atomic mass is 19.4. The van der Waals surface area contributed by atoms with E-state index in [4.69, 9.17) is 11.5 Å². The Balaban J connectivity index is 1.46. The van der Waals surface area contributed by atoms with Gasteiger partial charge in [-0.3, -0.25) is 19.5 Å². The second-order valence-electron chi connectivity index (χ2n) is 10.2. The third-order valence-electron chi connectivity index (χ3n) is 6.81. The molecular weight excluding hydrogens is 525 g/mol. The highest BCUT2D eigenvalue weighted by molar-refractivity contribution is 6.03. The lowest BCUT2D eigenvalue weighted by atomic mass is 10.0. The molecule has 10 nitrogen and oxygen atoms in total. The largest absolute Gasteiger partial charge is 0.416 e. The molecule has 0 radical (unpaired) electrons. The minimum absolute atomic E-state index is 0.0527. The minimum Gasteiger partial charge on any atom is -0.383 e. The van der Waals surface area contributed by atoms with E-state index >= 15 is 0 Å². The van der Waals surface area contributed by atoms with Crippen LogP contribution in [0, 0.1) is 0 Å². The van der Waals surface area contributed by atoms with E-state index < -0.39 is 23.6 Å². The second kappa shape index (κ2) is 11.6. The zero-order valence-corrected chi connectivity index (χ0v) is 22.6. The van der Waals surface area contributed by atoms with Gasteiger partial charge >= 0.3 is 6.18 Å². The summed E-state index contributed by atoms with van der Waals surface area (Å²) in [7, 11) is 1.98. The van der Waals surface area contributed by atoms with Gasteiger partial charge in [-0.15, -0.1) is 0 Å². The number of halogens is 3. The lowest BCUT2D eigenvalue weighted by Gasteiger charge is -2.33. The van der Waals surface area contributed by atoms with Crippen LogP contribution in [0.25, 0.3) is 11.3 Å². The first kappa shape index (κ1) is 29.0. The zero-order chi connectivity index (χ0) is 29.2. The molecule has 0 aliphatic carbocycles. The number of nitrogen functional groups attached to an aromatic ring is 1. The first-order valence-corrected chi connectivity index (χ1v) is 12.9. The van der Waals surface area contributed by atoms with Crippen LogP contribution >= 0.6 is 0 Å². The molecule has 13 heteroatoms. The first-order chi connectivity index (χ1) is 18.8. The highest BCUT2D eigenvalue weighted by Crippen LogP contribution is 2.35. The number of alkyl halides is 3. The predicted octanol–water partition coefficient (Wildman–Crippen LogP) is 3.15. The summed E-state index contributed by atoms with van der Waals surface area (Å²) in [6, 6.07) is 6.97. The first-order valence-electron chi connectivity index (χ1n) is 12.9. The summed E-state index contributed by atoms with van der Waals surface area (Å²) in [4.78, 5) is 33.1. The minimum atomic E-state index is -4.56. The second-order valence-corrected chi connectivity index (χ2v) is 10.2. The van der Waals surface area contributed by atoms with E-state index in [0.29, 0.717) is 24.3 Å². The van der Waals surface area contributed by atoms with Gasteiger partial charge in [-0.25, -0.2) is 4.68 Å². The molecule has 2 amide bonds. The number of nitrogens with zero attached hydrogens (tertiary/aromatic N) is 5. The fraction of sp³-hybridized carbons (Fsp3) is 0.407. The van der Waals surface area contributed by atoms with Gasteiger partial charge in [0.25, 0.3) is 5.91 Å². The van der Waals surface area contributed by atoms with E-state index in [0.717, 1.165) is 19.2 Å². The van der Waals surface area contributed by atoms with Crippen LogP contribution in [-0.4, -0.2) is 69.6 Å². The number of anilines is 2. The van der Waals surface area contributed by atoms with Crippen LogP contribution in [0.15, 0.2) is 36.5 Å². The summed E-state index contributed by atoms with van der Waals surface area (Å²) in [5.74, 6) is -1.10. The summed E-state index contributed by atoms with van der Waals surface area (Å²) < 4.78 is 43.1. The molecule has 2 aromatic heterocycles. The number of primary amides is 1. The topological polar surface area (TPSA) is 135 Å². The van der Waals surface area contributed by atoms with Crippen molar-refractivity contribution < 1.29 is 22.8 Å². The monoisotopic (exact) mass is 558 g/mol. The molecular formula is C27H33F3N8O2. The Morgan fingerprint density at radius 2 is 1.80 bits per heavy atom. The van der Waals surface area contributed by atoms with Gasteiger partial charge in [-0.05, 0) is 50.7 Å². The van der Waals surface area contributed by atoms with Crippen LogP contribution in [0.3, 0.4) is 0 Å². The number of hydrogen-bond acceptors (Lipinski definition) is 7. The Morgan fingerprint density at radius 1 is 1.10 bits per heavy atom. The molecule has 3 heterocycles. The summed E-state index contributed by atoms with van der Waals surface area (Å²) in [5, 5.41) is 6.94. The van der Waals surface area contributed by atoms with Crippen molar-refractivity contribution in [3.05, 3.63) is 58.9 Å². The molecule has 1 aliphatic rings. The van der Waals surface area contributed by atoms with Gasteiger partial charge < -0.3 is 21.7 Å². The van der Waals surface area contributed by atoms with Crippen molar-refractivity contribution in [3.8, 4) is 11.3 Å². The lowest BCUT2D eigenvalue weighted by molar-refractivity contribution is -0.138. The van der Waals surface area contributed by atoms with Crippen LogP contribution in [-0.2, 0) is 23.9 Å². The molecule has 1 aromatic carbocycles. The Bertz CT molecular complexity index is 1380. The van der Waals surface area contributed by atoms with E-state index in [1.54, 1.807) is 12.1 Å². The van der Waals surface area contributed by atoms with E-state index in [2.05, 4.69) is 20.3 Å². The Kier molecular flexibility index (Phi) is 8.45. The summed E-state index contributed by atoms with van der Waals surface area (Å²) in [6.07, 6.45) is -3.29. The molecule has 214 valence electrons. The molecule has 40 heavy (non-hydrogen) atoms. The molecule has 0 bridgehead atoms. The third kappa shape index (κ3) is 6.59. The number of rotatable bonds is 8. The lowest BCUT2D eigenvalue weighted by Crippen LogP contribution is -2.44. The Hall–Kier alpha value is -3.97. The molecule has 0 unspecified atom stereocenters. The summed E-state index contributed by atoms with van der Waals surface area (Å²) >= 11 is 0. The fourth-order valence-electron chi connectivity index (χ4n) is 4.63. The maximum atomic E-state index is 13.9. The maximum absolute atomic E-state index is 13.9. The number of amides is 2. The van der Waals surface area contributed by atoms with Crippen molar-refractivity contribution in [2.75, 3.05) is 44.3 Å². The van der Waals surface area contributed by atoms with Crippen LogP contribution < -0.4 is 16.8 Å². The number of aromatic nitrogens is 3. The van der Waals surface area contributed by atoms with Crippen molar-refractivity contribution in [2.24, 2.45) is 5.73 Å². The van der Waals surface area contributed by atoms with Crippen molar-refractivity contribution >= 4 is 23.3 Å². The van der Waals surface area contributed by atoms with Crippen molar-refractivity contribution in [1.29, 1.82) is 0 Å². The van der Waals surface area contributed by atoms with Crippen LogP contribution in [0.2, 0.25) is 0 Å². The smallest absolute Gasteiger partial charge is 0.383 e. The number of likely N-dealkylation sites (N-methyl/N-ethyl adjacent to an activating group) is 1. The van der Waals surface area contributed by atoms with Crippen molar-refractivity contribution in [2.45, 2.75) is 39.0 Å². The van der Waals surface area contributed by atoms with E-state index in [-0.39, 0.29) is 47.3 Å². The average molecular weight is 559 g/mol. The number of nitrogens with one attached hydrogen (secondary N) is 1. The number of piperazine rings is 1. The molecule has 5 N–H and O–H groups in total. The standard InChI is InChI=1S/C27H33F3N8O2/c1-16(2)38-25(31)23(26(32)40)24(35-38)17-4-6-19(33-14-17)13-22(39)34-20-7-5-18(21(12-20)27(28,29)30)15-37-10-8-36(3)9-11-37/h4-7,12,14,16H,8-11,13,15,31H2,1-3H3,(H2,32,40)(H,34,39). The molecule has 3 aromatic rings. The average Bonchev–Trinajstić information content (AvgIpc) is 3.23. The number of pyridine rings is 1. The van der Waals surface area contributed by atoms with E-state index in [1.165, 1.54) is 23.0 Å². The number of hydrogen-bond donors (Lipinski definition) is 3. The Labute approximate surface area is 230 Å². The number of benzene rings is 1. The molecule has 1 fully saturated rings.